The maximum Gasteiger partial charge on any atom is 0.272 e. The fraction of sp³-hybridized carbons (Fsp3) is 0.125. The number of ether oxygens (including phenoxy) is 1. The van der Waals surface area contributed by atoms with Crippen molar-refractivity contribution in [3.05, 3.63) is 66.2 Å². The molecule has 0 unspecified atom stereocenters. The van der Waals surface area contributed by atoms with Gasteiger partial charge in [0.15, 0.2) is 12.3 Å². The fourth-order valence-electron chi connectivity index (χ4n) is 3.54. The van der Waals surface area contributed by atoms with Gasteiger partial charge in [0, 0.05) is 36.0 Å². The van der Waals surface area contributed by atoms with Crippen LogP contribution in [-0.4, -0.2) is 47.7 Å². The van der Waals surface area contributed by atoms with Gasteiger partial charge in [0.25, 0.3) is 20.9 Å². The maximum absolute atomic E-state index is 12.4. The summed E-state index contributed by atoms with van der Waals surface area (Å²) in [6.07, 6.45) is 2.87. The van der Waals surface area contributed by atoms with E-state index in [1.165, 1.54) is 37.5 Å². The molecule has 210 valence electrons. The number of aromatic nitrogens is 3. The third-order valence-corrected chi connectivity index (χ3v) is 6.66. The van der Waals surface area contributed by atoms with Crippen LogP contribution in [0.1, 0.15) is 23.0 Å². The van der Waals surface area contributed by atoms with E-state index >= 15 is 0 Å². The Bertz CT molecular complexity index is 1680. The van der Waals surface area contributed by atoms with E-state index in [-0.39, 0.29) is 53.9 Å². The van der Waals surface area contributed by atoms with E-state index in [2.05, 4.69) is 30.9 Å². The summed E-state index contributed by atoms with van der Waals surface area (Å²) >= 11 is 0. The number of carbonyl (C=O) groups is 3. The van der Waals surface area contributed by atoms with Crippen LogP contribution in [0.2, 0.25) is 0 Å². The molecule has 0 aliphatic carbocycles. The van der Waals surface area contributed by atoms with Crippen LogP contribution in [0.3, 0.4) is 0 Å². The molecule has 4 aromatic rings. The molecule has 0 saturated carbocycles. The number of hydrogen-bond acceptors (Lipinski definition) is 9. The summed E-state index contributed by atoms with van der Waals surface area (Å²) in [7, 11) is 1.41. The van der Waals surface area contributed by atoms with Crippen molar-refractivity contribution in [1.82, 2.24) is 20.3 Å². The molecule has 3 heterocycles. The number of rotatable bonds is 5. The lowest BCUT2D eigenvalue weighted by Gasteiger charge is -2.18. The van der Waals surface area contributed by atoms with Gasteiger partial charge >= 0.3 is 0 Å². The average Bonchev–Trinajstić information content (AvgIpc) is 3.27. The van der Waals surface area contributed by atoms with E-state index in [4.69, 9.17) is 21.2 Å². The van der Waals surface area contributed by atoms with Gasteiger partial charge in [-0.15, -0.1) is 12.4 Å². The Morgan fingerprint density at radius 2 is 1.88 bits per heavy atom. The highest BCUT2D eigenvalue weighted by molar-refractivity contribution is 8.13. The molecule has 5 rings (SSSR count). The number of H-pyrrole nitrogens is 1. The van der Waals surface area contributed by atoms with Gasteiger partial charge in [0.1, 0.15) is 17.6 Å². The van der Waals surface area contributed by atoms with Crippen molar-refractivity contribution in [3.8, 4) is 5.75 Å². The van der Waals surface area contributed by atoms with Gasteiger partial charge in [-0.05, 0) is 42.0 Å². The quantitative estimate of drug-likeness (QED) is 0.212. The zero-order chi connectivity index (χ0) is 28.2. The summed E-state index contributed by atoms with van der Waals surface area (Å²) in [4.78, 5) is 45.4. The highest BCUT2D eigenvalue weighted by Crippen LogP contribution is 2.28. The molecule has 0 radical (unpaired) electrons. The van der Waals surface area contributed by atoms with E-state index in [9.17, 15) is 22.8 Å². The number of amides is 3. The third kappa shape index (κ3) is 7.37. The number of aromatic amines is 1. The Kier molecular flexibility index (Phi) is 9.52. The van der Waals surface area contributed by atoms with Crippen molar-refractivity contribution >= 4 is 78.0 Å². The van der Waals surface area contributed by atoms with Crippen LogP contribution >= 0.6 is 23.1 Å². The lowest BCUT2D eigenvalue weighted by Crippen LogP contribution is -2.26. The monoisotopic (exact) mass is 607 g/mol. The number of fused-ring (bicyclic) bond motifs is 2. The Morgan fingerprint density at radius 3 is 2.55 bits per heavy atom. The number of nitrogen functional groups attached to an aromatic ring is 1. The van der Waals surface area contributed by atoms with Crippen molar-refractivity contribution in [2.75, 3.05) is 23.0 Å². The number of carbonyl (C=O) groups excluding carboxylic acids is 3. The highest BCUT2D eigenvalue weighted by atomic mass is 35.7. The Morgan fingerprint density at radius 1 is 1.15 bits per heavy atom. The second kappa shape index (κ2) is 12.6. The lowest BCUT2D eigenvalue weighted by atomic mass is 10.1. The molecule has 0 saturated heterocycles. The first kappa shape index (κ1) is 30.1. The SMILES string of the molecule is CC(=O)Nc1ccc(S(=O)(=O)Cl)cc1.Cl.Nc1c[nH]c2c(C(=O)NCc3ccc4c(c3)NC(=O)CO4)ncnc12. The molecule has 3 amide bonds. The molecule has 0 spiro atoms. The maximum atomic E-state index is 12.4. The zero-order valence-corrected chi connectivity index (χ0v) is 23.1. The average molecular weight is 608 g/mol. The minimum absolute atomic E-state index is 0. The first-order chi connectivity index (χ1) is 18.5. The number of anilines is 3. The Balaban J connectivity index is 0.000000253. The molecule has 1 aliphatic rings. The normalized spacial score (nSPS) is 12.0. The lowest BCUT2D eigenvalue weighted by molar-refractivity contribution is -0.118. The van der Waals surface area contributed by atoms with Crippen molar-refractivity contribution in [1.29, 1.82) is 0 Å². The van der Waals surface area contributed by atoms with Gasteiger partial charge in [-0.2, -0.15) is 0 Å². The van der Waals surface area contributed by atoms with Crippen LogP contribution in [0.5, 0.6) is 5.75 Å². The van der Waals surface area contributed by atoms with E-state index in [0.717, 1.165) is 5.56 Å². The van der Waals surface area contributed by atoms with Gasteiger partial charge in [0.2, 0.25) is 5.91 Å². The molecule has 6 N–H and O–H groups in total. The van der Waals surface area contributed by atoms with Gasteiger partial charge in [0.05, 0.1) is 21.8 Å². The van der Waals surface area contributed by atoms with Crippen LogP contribution in [0.25, 0.3) is 11.0 Å². The van der Waals surface area contributed by atoms with E-state index in [1.54, 1.807) is 18.3 Å². The molecular formula is C24H23Cl2N7O6S. The first-order valence-corrected chi connectivity index (χ1v) is 13.6. The molecule has 2 aromatic carbocycles. The molecule has 0 atom stereocenters. The molecule has 0 fully saturated rings. The highest BCUT2D eigenvalue weighted by Gasteiger charge is 2.18. The van der Waals surface area contributed by atoms with Crippen molar-refractivity contribution < 1.29 is 27.5 Å². The van der Waals surface area contributed by atoms with E-state index in [0.29, 0.717) is 33.8 Å². The van der Waals surface area contributed by atoms with Crippen molar-refractivity contribution in [3.63, 3.8) is 0 Å². The number of halogens is 2. The van der Waals surface area contributed by atoms with Crippen LogP contribution in [-0.2, 0) is 25.2 Å². The summed E-state index contributed by atoms with van der Waals surface area (Å²) in [5, 5.41) is 8.03. The number of benzene rings is 2. The summed E-state index contributed by atoms with van der Waals surface area (Å²) in [6.45, 7) is 1.64. The summed E-state index contributed by atoms with van der Waals surface area (Å²) in [6, 6.07) is 10.9. The Labute approximate surface area is 238 Å². The van der Waals surface area contributed by atoms with Crippen LogP contribution in [0.4, 0.5) is 17.1 Å². The van der Waals surface area contributed by atoms with Gasteiger partial charge in [-0.25, -0.2) is 18.4 Å². The van der Waals surface area contributed by atoms with Crippen LogP contribution < -0.4 is 26.4 Å². The predicted molar refractivity (Wildman–Crippen MR) is 151 cm³/mol. The molecule has 16 heteroatoms. The van der Waals surface area contributed by atoms with Gasteiger partial charge in [-0.1, -0.05) is 6.07 Å². The summed E-state index contributed by atoms with van der Waals surface area (Å²) in [5.41, 5.74) is 9.39. The summed E-state index contributed by atoms with van der Waals surface area (Å²) < 4.78 is 27.0. The van der Waals surface area contributed by atoms with Gasteiger partial charge < -0.3 is 31.4 Å². The van der Waals surface area contributed by atoms with Crippen LogP contribution in [0.15, 0.2) is 59.9 Å². The predicted octanol–water partition coefficient (Wildman–Crippen LogP) is 2.80. The number of hydrogen-bond donors (Lipinski definition) is 5. The molecule has 0 bridgehead atoms. The largest absolute Gasteiger partial charge is 0.482 e. The summed E-state index contributed by atoms with van der Waals surface area (Å²) in [5.74, 6) is -0.172. The number of nitrogens with zero attached hydrogens (tertiary/aromatic N) is 2. The van der Waals surface area contributed by atoms with Crippen molar-refractivity contribution in [2.24, 2.45) is 0 Å². The van der Waals surface area contributed by atoms with E-state index in [1.807, 2.05) is 6.07 Å². The van der Waals surface area contributed by atoms with Crippen LogP contribution in [0, 0.1) is 0 Å². The minimum atomic E-state index is -3.69. The molecule has 1 aliphatic heterocycles. The fourth-order valence-corrected chi connectivity index (χ4v) is 4.31. The van der Waals surface area contributed by atoms with Gasteiger partial charge in [-0.3, -0.25) is 14.4 Å². The second-order valence-corrected chi connectivity index (χ2v) is 10.7. The van der Waals surface area contributed by atoms with Crippen molar-refractivity contribution in [2.45, 2.75) is 18.4 Å². The topological polar surface area (TPSA) is 198 Å². The smallest absolute Gasteiger partial charge is 0.272 e. The standard InChI is InChI=1S/C16H14N6O3.C8H8ClNO3S.ClH/c17-9-5-18-14-13(9)20-7-21-15(14)16(24)19-4-8-1-2-11-10(3-8)22-12(23)6-25-11;1-6(11)10-7-2-4-8(5-3-7)14(9,12)13;/h1-3,5,7,18H,4,6,17H2,(H,19,24)(H,22,23);2-5H,1H3,(H,10,11);1H. The zero-order valence-electron chi connectivity index (χ0n) is 20.7. The third-order valence-electron chi connectivity index (χ3n) is 5.29. The molecule has 40 heavy (non-hydrogen) atoms. The Hall–Kier alpha value is -4.40. The molecule has 2 aromatic heterocycles. The number of nitrogens with one attached hydrogen (secondary N) is 4. The number of nitrogens with two attached hydrogens (primary N) is 1. The molecular weight excluding hydrogens is 585 g/mol. The molecule has 13 nitrogen and oxygen atoms in total. The minimum Gasteiger partial charge on any atom is -0.482 e. The van der Waals surface area contributed by atoms with E-state index < -0.39 is 9.05 Å². The second-order valence-electron chi connectivity index (χ2n) is 8.18. The first-order valence-electron chi connectivity index (χ1n) is 11.2.